The lowest BCUT2D eigenvalue weighted by atomic mass is 9.88. The maximum Gasteiger partial charge on any atom is 0.414 e. The van der Waals surface area contributed by atoms with Crippen LogP contribution in [0.15, 0.2) is 331 Å². The van der Waals surface area contributed by atoms with Gasteiger partial charge < -0.3 is 39.6 Å². The maximum atomic E-state index is 14.2. The van der Waals surface area contributed by atoms with E-state index in [1.807, 2.05) is 198 Å². The summed E-state index contributed by atoms with van der Waals surface area (Å²) in [7, 11) is 6.41. The third kappa shape index (κ3) is 32.6. The van der Waals surface area contributed by atoms with Crippen LogP contribution in [0.4, 0.5) is 74.4 Å². The first-order valence-corrected chi connectivity index (χ1v) is 51.9. The van der Waals surface area contributed by atoms with Crippen molar-refractivity contribution in [2.45, 2.75) is 138 Å². The van der Waals surface area contributed by atoms with Crippen molar-refractivity contribution >= 4 is 86.8 Å². The molecule has 17 rings (SSSR count). The van der Waals surface area contributed by atoms with E-state index >= 15 is 0 Å². The van der Waals surface area contributed by atoms with Crippen molar-refractivity contribution < 1.29 is 69.6 Å². The smallest absolute Gasteiger partial charge is 0.414 e. The molecule has 150 heavy (non-hydrogen) atoms. The summed E-state index contributed by atoms with van der Waals surface area (Å²) in [4.78, 5) is 70.9. The van der Waals surface area contributed by atoms with Gasteiger partial charge >= 0.3 is 30.5 Å². The third-order valence-electron chi connectivity index (χ3n) is 26.6. The number of carbonyl (C=O) groups excluding carboxylic acids is 5. The van der Waals surface area contributed by atoms with Crippen molar-refractivity contribution in [1.82, 2.24) is 25.8 Å². The molecule has 5 saturated heterocycles. The van der Waals surface area contributed by atoms with Crippen LogP contribution in [0.3, 0.4) is 0 Å². The highest BCUT2D eigenvalue weighted by atomic mass is 19.1. The molecular formula is C125H139F5N10O10. The minimum atomic E-state index is -0.472. The number of halogens is 5. The molecule has 5 amide bonds. The van der Waals surface area contributed by atoms with Gasteiger partial charge in [-0.15, -0.1) is 0 Å². The first-order valence-electron chi connectivity index (χ1n) is 51.9. The van der Waals surface area contributed by atoms with E-state index in [9.17, 15) is 45.9 Å². The molecule has 0 radical (unpaired) electrons. The SMILES string of the molecule is CC(C)OC(=O)N(C)c1ccc(C(=C2CCNCC2)c2cccc(F)c2)cc1.CCN(C(=O)OC(C)C)c1ccc(C(=C2CCNCC2)c2cccc(F)c2)cc1.CCOC(=O)N(C)c1ccc(C(=C2CCN(Cc3ccccc3)CC2)c2cccc(F)c2)cc1.CCOC(=O)Nc1ccc(C(=C2CCN(Cc3ccccc3)CC2)c2cccc(F)c2)cc1.COC(=O)N(C)c1ccc(C(=C2CCNCC2)c2cccc(F)c2)cc1. The van der Waals surface area contributed by atoms with Crippen LogP contribution in [0.2, 0.25) is 0 Å². The van der Waals surface area contributed by atoms with E-state index in [1.54, 1.807) is 101 Å². The van der Waals surface area contributed by atoms with Gasteiger partial charge in [-0.3, -0.25) is 34.7 Å². The quantitative estimate of drug-likeness (QED) is 0.0329. The van der Waals surface area contributed by atoms with Crippen LogP contribution in [0.1, 0.15) is 179 Å². The van der Waals surface area contributed by atoms with Gasteiger partial charge in [-0.25, -0.2) is 45.9 Å². The van der Waals surface area contributed by atoms with Crippen molar-refractivity contribution in [3.63, 3.8) is 0 Å². The number of nitrogens with one attached hydrogen (secondary N) is 4. The Labute approximate surface area is 880 Å². The van der Waals surface area contributed by atoms with Crippen LogP contribution in [-0.4, -0.2) is 166 Å². The normalized spacial score (nSPS) is 14.1. The largest absolute Gasteiger partial charge is 0.452 e. The summed E-state index contributed by atoms with van der Waals surface area (Å²) in [5.41, 5.74) is 28.0. The monoisotopic (exact) mass is 2040 g/mol. The molecule has 0 aliphatic carbocycles. The molecule has 0 atom stereocenters. The van der Waals surface area contributed by atoms with E-state index in [0.717, 1.165) is 249 Å². The zero-order chi connectivity index (χ0) is 106. The van der Waals surface area contributed by atoms with Crippen LogP contribution in [0.25, 0.3) is 27.9 Å². The molecule has 5 aliphatic heterocycles. The van der Waals surface area contributed by atoms with Crippen LogP contribution < -0.4 is 40.9 Å². The minimum absolute atomic E-state index is 0.167. The van der Waals surface area contributed by atoms with Crippen LogP contribution in [0, 0.1) is 29.1 Å². The fourth-order valence-corrected chi connectivity index (χ4v) is 19.2. The zero-order valence-corrected chi connectivity index (χ0v) is 87.9. The van der Waals surface area contributed by atoms with E-state index in [-0.39, 0.29) is 59.6 Å². The number of hydrogen-bond acceptors (Lipinski definition) is 15. The highest BCUT2D eigenvalue weighted by Crippen LogP contribution is 2.41. The highest BCUT2D eigenvalue weighted by Gasteiger charge is 2.28. The Morgan fingerprint density at radius 2 is 0.587 bits per heavy atom. The van der Waals surface area contributed by atoms with E-state index in [4.69, 9.17) is 23.7 Å². The topological polar surface area (TPSA) is 199 Å². The van der Waals surface area contributed by atoms with Gasteiger partial charge in [0.05, 0.1) is 32.5 Å². The third-order valence-corrected chi connectivity index (χ3v) is 26.6. The Morgan fingerprint density at radius 3 is 0.867 bits per heavy atom. The molecule has 0 saturated carbocycles. The molecule has 784 valence electrons. The lowest BCUT2D eigenvalue weighted by Crippen LogP contribution is -2.32. The first-order chi connectivity index (χ1) is 72.7. The molecule has 5 fully saturated rings. The average Bonchev–Trinajstić information content (AvgIpc) is 0.816. The molecule has 20 nitrogen and oxygen atoms in total. The van der Waals surface area contributed by atoms with Gasteiger partial charge in [-0.1, -0.05) is 210 Å². The van der Waals surface area contributed by atoms with Crippen molar-refractivity contribution in [1.29, 1.82) is 0 Å². The van der Waals surface area contributed by atoms with Gasteiger partial charge in [0, 0.05) is 95.4 Å². The summed E-state index contributed by atoms with van der Waals surface area (Å²) in [6.45, 7) is 25.3. The van der Waals surface area contributed by atoms with Crippen LogP contribution in [-0.2, 0) is 36.8 Å². The molecule has 0 aromatic heterocycles. The number of rotatable bonds is 24. The Bertz CT molecular complexity index is 6600. The first kappa shape index (κ1) is 112. The zero-order valence-electron chi connectivity index (χ0n) is 87.9. The van der Waals surface area contributed by atoms with Crippen molar-refractivity contribution in [2.24, 2.45) is 0 Å². The molecule has 12 aromatic rings. The summed E-state index contributed by atoms with van der Waals surface area (Å²) in [6, 6.07) is 93.8. The van der Waals surface area contributed by atoms with E-state index in [2.05, 4.69) is 79.6 Å². The molecule has 0 unspecified atom stereocenters. The Hall–Kier alpha value is -14.9. The van der Waals surface area contributed by atoms with Crippen LogP contribution >= 0.6 is 0 Å². The van der Waals surface area contributed by atoms with Gasteiger partial charge in [-0.05, 0) is 368 Å². The molecule has 5 aliphatic rings. The number of ether oxygens (including phenoxy) is 5. The number of methoxy groups -OCH3 is 1. The second-order valence-corrected chi connectivity index (χ2v) is 37.8. The number of likely N-dealkylation sites (tertiary alicyclic amines) is 2. The van der Waals surface area contributed by atoms with Gasteiger partial charge in [0.1, 0.15) is 29.1 Å². The van der Waals surface area contributed by atoms with Gasteiger partial charge in [0.25, 0.3) is 0 Å². The average molecular weight is 2040 g/mol. The molecule has 12 aromatic carbocycles. The van der Waals surface area contributed by atoms with Crippen molar-refractivity contribution in [3.05, 3.63) is 427 Å². The fourth-order valence-electron chi connectivity index (χ4n) is 19.2. The van der Waals surface area contributed by atoms with Gasteiger partial charge in [0.2, 0.25) is 0 Å². The second kappa shape index (κ2) is 57.1. The number of benzene rings is 12. The second-order valence-electron chi connectivity index (χ2n) is 37.8. The van der Waals surface area contributed by atoms with E-state index in [1.165, 1.54) is 91.1 Å². The number of hydrogen-bond donors (Lipinski definition) is 4. The standard InChI is InChI=1S/C29H31FN2O2.C28H29FN2O2.C24H29FN2O2.C23H27FN2O2.C21H23FN2O2/c1-3-34-29(33)31(2)27-14-12-23(13-15-27)28(25-10-7-11-26(30)20-25)24-16-18-32(19-17-24)21-22-8-5-4-6-9-22;1-2-33-28(32)30-26-13-11-22(12-14-26)27(24-9-6-10-25(29)19-24)23-15-17-31(18-16-23)20-21-7-4-3-5-8-21;1-4-27(24(28)29-17(2)3)22-10-8-18(9-11-22)23(19-12-14-26-15-13-19)20-6-5-7-21(25)16-20;1-16(2)28-23(27)26(3)21-9-7-17(8-10-21)22(18-11-13-25-14-12-18)19-5-4-6-20(24)15-19;1-24(21(25)26-2)19-8-6-15(7-9-19)20(16-10-12-23-13-11-16)17-4-3-5-18(22)14-17/h4-15,20H,3,16-19,21H2,1-2H3;3-14,19H,2,15-18,20H2,1H3,(H,30,32);5-11,16-17,26H,4,12-15H2,1-3H3;4-10,15-16,25H,11-14H2,1-3H3;3-9,14,23H,10-13H2,1-2H3. The lowest BCUT2D eigenvalue weighted by Gasteiger charge is -2.30. The Balaban J connectivity index is 0.000000157. The highest BCUT2D eigenvalue weighted by molar-refractivity contribution is 5.94. The predicted octanol–water partition coefficient (Wildman–Crippen LogP) is 27.6. The van der Waals surface area contributed by atoms with E-state index < -0.39 is 12.2 Å². The molecule has 4 N–H and O–H groups in total. The minimum Gasteiger partial charge on any atom is -0.452 e. The maximum absolute atomic E-state index is 14.2. The number of amides is 5. The van der Waals surface area contributed by atoms with Crippen molar-refractivity contribution in [3.8, 4) is 0 Å². The summed E-state index contributed by atoms with van der Waals surface area (Å²) in [5.74, 6) is -1.20. The molecule has 5 heterocycles. The molecule has 0 bridgehead atoms. The number of piperidine rings is 5. The van der Waals surface area contributed by atoms with Gasteiger partial charge in [-0.2, -0.15) is 0 Å². The molecule has 0 spiro atoms. The summed E-state index contributed by atoms with van der Waals surface area (Å²) >= 11 is 0. The Kier molecular flexibility index (Phi) is 42.7. The fraction of sp³-hybridized carbons (Fsp3) is 0.304. The Morgan fingerprint density at radius 1 is 0.313 bits per heavy atom. The summed E-state index contributed by atoms with van der Waals surface area (Å²) < 4.78 is 95.3. The predicted molar refractivity (Wildman–Crippen MR) is 594 cm³/mol. The number of anilines is 5. The van der Waals surface area contributed by atoms with Crippen LogP contribution in [0.5, 0.6) is 0 Å². The van der Waals surface area contributed by atoms with E-state index in [0.29, 0.717) is 25.4 Å². The summed E-state index contributed by atoms with van der Waals surface area (Å²) in [6.07, 6.45) is 7.03. The van der Waals surface area contributed by atoms with Gasteiger partial charge in [0.15, 0.2) is 0 Å². The lowest BCUT2D eigenvalue weighted by molar-refractivity contribution is 0.122. The van der Waals surface area contributed by atoms with Crippen molar-refractivity contribution in [2.75, 3.05) is 138 Å². The number of carbonyl (C=O) groups is 5. The molecule has 25 heteroatoms. The number of nitrogens with zero attached hydrogens (tertiary/aromatic N) is 6. The summed E-state index contributed by atoms with van der Waals surface area (Å²) in [5, 5.41) is 12.8. The molecular weight excluding hydrogens is 1900 g/mol.